The zero-order valence-electron chi connectivity index (χ0n) is 17.6. The van der Waals surface area contributed by atoms with Gasteiger partial charge in [0.05, 0.1) is 12.4 Å². The Kier molecular flexibility index (Phi) is 13.8. The number of imidazole rings is 1. The largest absolute Gasteiger partial charge is 0.455 e. The number of aryl methyl sites for hydroxylation is 1. The summed E-state index contributed by atoms with van der Waals surface area (Å²) in [6, 6.07) is -0.811. The molecule has 10 heteroatoms. The topological polar surface area (TPSA) is 156 Å². The van der Waals surface area contributed by atoms with Gasteiger partial charge in [0.1, 0.15) is 6.04 Å². The molecule has 0 spiro atoms. The molecule has 0 aliphatic carbocycles. The standard InChI is InChI=1S/C10H21N3O2.C5H6O3.C4H6N2/c1-4-6-8(9(11)14)13-10(15)7(5-2)12-3;6-3-4-1-2-5(7)8-4;1-4-2-5-3-6-4/h7-8,12H,4-6H2,1-3H3,(H2,11,14)(H,13,15);3-4H,1-2H2;2-3H,1H3,(H,5,6). The van der Waals surface area contributed by atoms with E-state index in [-0.39, 0.29) is 17.9 Å². The van der Waals surface area contributed by atoms with Crippen LogP contribution < -0.4 is 16.4 Å². The van der Waals surface area contributed by atoms with Gasteiger partial charge < -0.3 is 26.1 Å². The Morgan fingerprint density at radius 2 is 2.10 bits per heavy atom. The van der Waals surface area contributed by atoms with Crippen LogP contribution in [0.4, 0.5) is 0 Å². The minimum atomic E-state index is -0.551. The van der Waals surface area contributed by atoms with Crippen molar-refractivity contribution in [2.75, 3.05) is 7.05 Å². The molecule has 0 bridgehead atoms. The minimum absolute atomic E-state index is 0.169. The number of hydrogen-bond acceptors (Lipinski definition) is 7. The maximum Gasteiger partial charge on any atom is 0.306 e. The molecule has 29 heavy (non-hydrogen) atoms. The van der Waals surface area contributed by atoms with Gasteiger partial charge in [-0.25, -0.2) is 4.98 Å². The third kappa shape index (κ3) is 11.6. The number of carbonyl (C=O) groups excluding carboxylic acids is 4. The Balaban J connectivity index is 0.000000460. The molecule has 1 aliphatic rings. The molecule has 1 aromatic rings. The Morgan fingerprint density at radius 3 is 2.38 bits per heavy atom. The number of aromatic nitrogens is 2. The molecular weight excluding hydrogens is 378 g/mol. The Bertz CT molecular complexity index is 617. The van der Waals surface area contributed by atoms with Crippen LogP contribution in [0.2, 0.25) is 0 Å². The summed E-state index contributed by atoms with van der Waals surface area (Å²) in [5, 5.41) is 5.52. The van der Waals surface area contributed by atoms with Gasteiger partial charge in [-0.05, 0) is 26.8 Å². The fraction of sp³-hybridized carbons (Fsp3) is 0.632. The smallest absolute Gasteiger partial charge is 0.306 e. The highest BCUT2D eigenvalue weighted by Gasteiger charge is 2.22. The number of nitrogens with two attached hydrogens (primary N) is 1. The molecule has 1 fully saturated rings. The summed E-state index contributed by atoms with van der Waals surface area (Å²) in [4.78, 5) is 49.4. The summed E-state index contributed by atoms with van der Waals surface area (Å²) in [6.45, 7) is 5.81. The summed E-state index contributed by atoms with van der Waals surface area (Å²) in [5.41, 5.74) is 6.29. The number of H-pyrrole nitrogens is 1. The van der Waals surface area contributed by atoms with Crippen LogP contribution in [0.25, 0.3) is 0 Å². The van der Waals surface area contributed by atoms with E-state index >= 15 is 0 Å². The van der Waals surface area contributed by atoms with Crippen LogP contribution in [0.3, 0.4) is 0 Å². The van der Waals surface area contributed by atoms with E-state index in [0.29, 0.717) is 32.0 Å². The van der Waals surface area contributed by atoms with Crippen molar-refractivity contribution in [1.29, 1.82) is 0 Å². The molecule has 1 saturated heterocycles. The molecule has 5 N–H and O–H groups in total. The highest BCUT2D eigenvalue weighted by molar-refractivity contribution is 5.88. The zero-order chi connectivity index (χ0) is 22.2. The lowest BCUT2D eigenvalue weighted by molar-refractivity contribution is -0.144. The van der Waals surface area contributed by atoms with E-state index in [1.165, 1.54) is 0 Å². The molecule has 2 heterocycles. The summed E-state index contributed by atoms with van der Waals surface area (Å²) in [5.74, 6) is -0.907. The van der Waals surface area contributed by atoms with Gasteiger partial charge in [-0.3, -0.25) is 19.2 Å². The lowest BCUT2D eigenvalue weighted by atomic mass is 10.1. The predicted octanol–water partition coefficient (Wildman–Crippen LogP) is 0.364. The average molecular weight is 412 g/mol. The number of carbonyl (C=O) groups is 4. The zero-order valence-corrected chi connectivity index (χ0v) is 17.6. The second-order valence-corrected chi connectivity index (χ2v) is 6.44. The molecular formula is C19H33N5O5. The number of nitrogens with zero attached hydrogens (tertiary/aromatic N) is 1. The first kappa shape index (κ1) is 26.2. The first-order valence-corrected chi connectivity index (χ1v) is 9.65. The van der Waals surface area contributed by atoms with Gasteiger partial charge in [0.2, 0.25) is 11.8 Å². The van der Waals surface area contributed by atoms with Crippen LogP contribution in [-0.2, 0) is 23.9 Å². The molecule has 3 unspecified atom stereocenters. The van der Waals surface area contributed by atoms with Gasteiger partial charge in [0, 0.05) is 24.7 Å². The van der Waals surface area contributed by atoms with Crippen LogP contribution in [0.1, 0.15) is 51.6 Å². The monoisotopic (exact) mass is 411 g/mol. The number of aromatic amines is 1. The van der Waals surface area contributed by atoms with E-state index in [1.807, 2.05) is 20.8 Å². The van der Waals surface area contributed by atoms with Gasteiger partial charge in [0.15, 0.2) is 12.4 Å². The maximum absolute atomic E-state index is 11.6. The molecule has 0 aromatic carbocycles. The van der Waals surface area contributed by atoms with Crippen molar-refractivity contribution < 1.29 is 23.9 Å². The number of ether oxygens (including phenoxy) is 1. The molecule has 1 aromatic heterocycles. The van der Waals surface area contributed by atoms with E-state index < -0.39 is 18.1 Å². The SMILES string of the molecule is CCCC(NC(=O)C(CC)NC)C(N)=O.Cc1cnc[nH]1.O=CC1CCC(=O)O1. The van der Waals surface area contributed by atoms with Crippen LogP contribution >= 0.6 is 0 Å². The summed E-state index contributed by atoms with van der Waals surface area (Å²) in [7, 11) is 1.72. The number of rotatable bonds is 8. The van der Waals surface area contributed by atoms with Gasteiger partial charge in [0.25, 0.3) is 0 Å². The molecule has 0 saturated carbocycles. The van der Waals surface area contributed by atoms with Crippen molar-refractivity contribution in [3.63, 3.8) is 0 Å². The predicted molar refractivity (Wildman–Crippen MR) is 108 cm³/mol. The highest BCUT2D eigenvalue weighted by Crippen LogP contribution is 2.10. The molecule has 0 radical (unpaired) electrons. The van der Waals surface area contributed by atoms with Crippen molar-refractivity contribution in [3.8, 4) is 0 Å². The fourth-order valence-corrected chi connectivity index (χ4v) is 2.34. The second-order valence-electron chi connectivity index (χ2n) is 6.44. The van der Waals surface area contributed by atoms with Crippen LogP contribution in [0.15, 0.2) is 12.5 Å². The number of amides is 2. The number of cyclic esters (lactones) is 1. The van der Waals surface area contributed by atoms with E-state index in [2.05, 4.69) is 25.3 Å². The number of nitrogens with one attached hydrogen (secondary N) is 3. The van der Waals surface area contributed by atoms with Crippen LogP contribution in [0.5, 0.6) is 0 Å². The average Bonchev–Trinajstić information content (AvgIpc) is 3.34. The first-order chi connectivity index (χ1) is 13.8. The van der Waals surface area contributed by atoms with Gasteiger partial charge in [-0.2, -0.15) is 0 Å². The molecule has 10 nitrogen and oxygen atoms in total. The first-order valence-electron chi connectivity index (χ1n) is 9.65. The lowest BCUT2D eigenvalue weighted by Gasteiger charge is -2.19. The number of hydrogen-bond donors (Lipinski definition) is 4. The van der Waals surface area contributed by atoms with Gasteiger partial charge in [-0.1, -0.05) is 20.3 Å². The summed E-state index contributed by atoms with van der Waals surface area (Å²) >= 11 is 0. The number of aldehydes is 1. The van der Waals surface area contributed by atoms with Crippen molar-refractivity contribution in [3.05, 3.63) is 18.2 Å². The second kappa shape index (κ2) is 15.2. The fourth-order valence-electron chi connectivity index (χ4n) is 2.34. The summed E-state index contributed by atoms with van der Waals surface area (Å²) in [6.07, 6.45) is 6.67. The number of esters is 1. The number of likely N-dealkylation sites (N-methyl/N-ethyl adjacent to an activating group) is 1. The normalized spacial score (nSPS) is 16.8. The molecule has 1 aliphatic heterocycles. The summed E-state index contributed by atoms with van der Waals surface area (Å²) < 4.78 is 4.50. The van der Waals surface area contributed by atoms with Crippen molar-refractivity contribution >= 4 is 24.1 Å². The van der Waals surface area contributed by atoms with E-state index in [9.17, 15) is 19.2 Å². The Morgan fingerprint density at radius 1 is 1.41 bits per heavy atom. The minimum Gasteiger partial charge on any atom is -0.455 e. The van der Waals surface area contributed by atoms with Crippen molar-refractivity contribution in [2.24, 2.45) is 5.73 Å². The molecule has 164 valence electrons. The van der Waals surface area contributed by atoms with Gasteiger partial charge >= 0.3 is 5.97 Å². The van der Waals surface area contributed by atoms with Crippen LogP contribution in [-0.4, -0.2) is 59.3 Å². The third-order valence-corrected chi connectivity index (χ3v) is 4.01. The quantitative estimate of drug-likeness (QED) is 0.355. The molecule has 2 amide bonds. The highest BCUT2D eigenvalue weighted by atomic mass is 16.6. The van der Waals surface area contributed by atoms with E-state index in [4.69, 9.17) is 5.73 Å². The maximum atomic E-state index is 11.6. The van der Waals surface area contributed by atoms with E-state index in [0.717, 1.165) is 12.1 Å². The Hall–Kier alpha value is -2.75. The molecule has 2 rings (SSSR count). The van der Waals surface area contributed by atoms with Gasteiger partial charge in [-0.15, -0.1) is 0 Å². The Labute approximate surface area is 171 Å². The molecule has 3 atom stereocenters. The van der Waals surface area contributed by atoms with Crippen LogP contribution in [0, 0.1) is 6.92 Å². The number of primary amides is 1. The lowest BCUT2D eigenvalue weighted by Crippen LogP contribution is -2.50. The van der Waals surface area contributed by atoms with Crippen molar-refractivity contribution in [1.82, 2.24) is 20.6 Å². The third-order valence-electron chi connectivity index (χ3n) is 4.01. The van der Waals surface area contributed by atoms with Crippen molar-refractivity contribution in [2.45, 2.75) is 71.1 Å². The van der Waals surface area contributed by atoms with E-state index in [1.54, 1.807) is 19.6 Å².